The van der Waals surface area contributed by atoms with Crippen molar-refractivity contribution in [2.75, 3.05) is 0 Å². The second-order valence-corrected chi connectivity index (χ2v) is 12.7. The number of rotatable bonds is 1. The van der Waals surface area contributed by atoms with Gasteiger partial charge in [0.1, 0.15) is 17.1 Å². The smallest absolute Gasteiger partial charge is 0.343 e. The number of pyridine rings is 1. The van der Waals surface area contributed by atoms with Crippen LogP contribution in [0.25, 0.3) is 11.3 Å². The van der Waals surface area contributed by atoms with Crippen molar-refractivity contribution in [2.45, 2.75) is 84.8 Å². The van der Waals surface area contributed by atoms with E-state index in [9.17, 15) is 9.90 Å². The normalized spacial score (nSPS) is 39.3. The van der Waals surface area contributed by atoms with Gasteiger partial charge in [-0.15, -0.1) is 0 Å². The van der Waals surface area contributed by atoms with E-state index in [-0.39, 0.29) is 28.0 Å². The molecule has 1 N–H and O–H groups in total. The van der Waals surface area contributed by atoms with E-state index in [2.05, 4.69) is 45.7 Å². The predicted octanol–water partition coefficient (Wildman–Crippen LogP) is 5.95. The van der Waals surface area contributed by atoms with Crippen molar-refractivity contribution < 1.29 is 14.3 Å². The SMILES string of the molecule is CC1=CCC2C3(C)CCC(O)C(C)(C)C3CCC2(C)C12Cc1c(cc(-c3cccnc3)oc1=O)O2. The van der Waals surface area contributed by atoms with Crippen LogP contribution in [0.4, 0.5) is 0 Å². The monoisotopic (exact) mass is 475 g/mol. The molecule has 3 heterocycles. The summed E-state index contributed by atoms with van der Waals surface area (Å²) in [4.78, 5) is 17.4. The van der Waals surface area contributed by atoms with Crippen molar-refractivity contribution in [3.05, 3.63) is 58.2 Å². The molecule has 5 heteroatoms. The third-order valence-corrected chi connectivity index (χ3v) is 10.9. The van der Waals surface area contributed by atoms with Crippen molar-refractivity contribution in [3.63, 3.8) is 0 Å². The molecular formula is C30H37NO4. The zero-order chi connectivity index (χ0) is 24.8. The van der Waals surface area contributed by atoms with Crippen LogP contribution in [0.15, 0.2) is 51.5 Å². The van der Waals surface area contributed by atoms with Crippen LogP contribution in [-0.2, 0) is 6.42 Å². The molecule has 1 aliphatic heterocycles. The van der Waals surface area contributed by atoms with Crippen LogP contribution in [0, 0.1) is 28.1 Å². The minimum atomic E-state index is -0.547. The number of aliphatic hydroxyl groups excluding tert-OH is 1. The van der Waals surface area contributed by atoms with E-state index >= 15 is 0 Å². The molecule has 186 valence electrons. The molecule has 4 aliphatic rings. The zero-order valence-electron chi connectivity index (χ0n) is 21.6. The molecule has 0 saturated heterocycles. The summed E-state index contributed by atoms with van der Waals surface area (Å²) in [6.45, 7) is 11.6. The maximum Gasteiger partial charge on any atom is 0.343 e. The summed E-state index contributed by atoms with van der Waals surface area (Å²) in [6.07, 6.45) is 11.1. The molecule has 3 aliphatic carbocycles. The molecule has 0 radical (unpaired) electrons. The molecule has 0 aromatic carbocycles. The second kappa shape index (κ2) is 7.32. The van der Waals surface area contributed by atoms with Crippen molar-refractivity contribution in [1.82, 2.24) is 4.98 Å². The summed E-state index contributed by atoms with van der Waals surface area (Å²) in [6, 6.07) is 5.62. The maximum atomic E-state index is 13.2. The first kappa shape index (κ1) is 23.0. The number of fused-ring (bicyclic) bond motifs is 5. The molecule has 2 saturated carbocycles. The van der Waals surface area contributed by atoms with Crippen LogP contribution in [0.2, 0.25) is 0 Å². The van der Waals surface area contributed by atoms with Gasteiger partial charge in [-0.3, -0.25) is 4.98 Å². The largest absolute Gasteiger partial charge is 0.481 e. The first-order valence-corrected chi connectivity index (χ1v) is 13.1. The highest BCUT2D eigenvalue weighted by Gasteiger charge is 2.68. The van der Waals surface area contributed by atoms with Crippen molar-refractivity contribution >= 4 is 0 Å². The molecule has 1 spiro atoms. The van der Waals surface area contributed by atoms with Gasteiger partial charge in [0.25, 0.3) is 0 Å². The number of hydrogen-bond acceptors (Lipinski definition) is 5. The van der Waals surface area contributed by atoms with Crippen LogP contribution in [0.5, 0.6) is 5.75 Å². The second-order valence-electron chi connectivity index (χ2n) is 12.7. The van der Waals surface area contributed by atoms with Crippen LogP contribution in [0.3, 0.4) is 0 Å². The van der Waals surface area contributed by atoms with Gasteiger partial charge in [0, 0.05) is 35.9 Å². The van der Waals surface area contributed by atoms with Gasteiger partial charge in [-0.25, -0.2) is 4.79 Å². The fourth-order valence-electron chi connectivity index (χ4n) is 8.87. The number of allylic oxidation sites excluding steroid dienone is 1. The first-order chi connectivity index (χ1) is 16.5. The lowest BCUT2D eigenvalue weighted by molar-refractivity contribution is -0.204. The molecule has 6 unspecified atom stereocenters. The van der Waals surface area contributed by atoms with Gasteiger partial charge in [-0.2, -0.15) is 0 Å². The van der Waals surface area contributed by atoms with Gasteiger partial charge in [-0.1, -0.05) is 33.8 Å². The van der Waals surface area contributed by atoms with E-state index in [1.165, 1.54) is 5.57 Å². The summed E-state index contributed by atoms with van der Waals surface area (Å²) >= 11 is 0. The van der Waals surface area contributed by atoms with Crippen molar-refractivity contribution in [3.8, 4) is 17.1 Å². The Labute approximate surface area is 207 Å². The Bertz CT molecular complexity index is 1260. The Kier molecular flexibility index (Phi) is 4.81. The topological polar surface area (TPSA) is 72.6 Å². The van der Waals surface area contributed by atoms with Crippen LogP contribution in [-0.4, -0.2) is 21.8 Å². The van der Waals surface area contributed by atoms with Crippen molar-refractivity contribution in [2.24, 2.45) is 28.1 Å². The van der Waals surface area contributed by atoms with Gasteiger partial charge in [0.2, 0.25) is 0 Å². The van der Waals surface area contributed by atoms with Gasteiger partial charge in [0.05, 0.1) is 11.7 Å². The third-order valence-electron chi connectivity index (χ3n) is 10.9. The summed E-state index contributed by atoms with van der Waals surface area (Å²) in [7, 11) is 0. The summed E-state index contributed by atoms with van der Waals surface area (Å²) in [5, 5.41) is 10.9. The standard InChI is InChI=1S/C30H37NO4/c1-18-8-9-24-28(4)12-11-25(32)27(2,3)23(28)10-13-29(24,5)30(18)16-20-22(35-30)15-21(34-26(20)33)19-7-6-14-31-17-19/h6-8,14-15,17,23-25,32H,9-13,16H2,1-5H3. The lowest BCUT2D eigenvalue weighted by atomic mass is 9.38. The number of aromatic nitrogens is 1. The summed E-state index contributed by atoms with van der Waals surface area (Å²) in [5.74, 6) is 2.04. The predicted molar refractivity (Wildman–Crippen MR) is 135 cm³/mol. The molecule has 2 aromatic rings. The van der Waals surface area contributed by atoms with Crippen LogP contribution in [0.1, 0.15) is 72.3 Å². The lowest BCUT2D eigenvalue weighted by Crippen LogP contribution is -2.66. The fraction of sp³-hybridized carbons (Fsp3) is 0.600. The number of aliphatic hydroxyl groups is 1. The highest BCUT2D eigenvalue weighted by Crippen LogP contribution is 2.70. The molecular weight excluding hydrogens is 438 g/mol. The van der Waals surface area contributed by atoms with E-state index < -0.39 is 5.60 Å². The van der Waals surface area contributed by atoms with Crippen LogP contribution >= 0.6 is 0 Å². The Balaban J connectivity index is 1.44. The number of ether oxygens (including phenoxy) is 1. The lowest BCUT2D eigenvalue weighted by Gasteiger charge is -2.67. The number of nitrogens with zero attached hydrogens (tertiary/aromatic N) is 1. The molecule has 0 bridgehead atoms. The minimum Gasteiger partial charge on any atom is -0.481 e. The molecule has 2 aromatic heterocycles. The summed E-state index contributed by atoms with van der Waals surface area (Å²) in [5.41, 5.74) is 1.70. The average molecular weight is 476 g/mol. The Morgan fingerprint density at radius 3 is 2.66 bits per heavy atom. The summed E-state index contributed by atoms with van der Waals surface area (Å²) < 4.78 is 12.7. The molecule has 2 fully saturated rings. The Morgan fingerprint density at radius 2 is 1.91 bits per heavy atom. The van der Waals surface area contributed by atoms with E-state index in [4.69, 9.17) is 9.15 Å². The van der Waals surface area contributed by atoms with Crippen LogP contribution < -0.4 is 10.4 Å². The van der Waals surface area contributed by atoms with Crippen molar-refractivity contribution in [1.29, 1.82) is 0 Å². The number of hydrogen-bond donors (Lipinski definition) is 1. The maximum absolute atomic E-state index is 13.2. The molecule has 35 heavy (non-hydrogen) atoms. The highest BCUT2D eigenvalue weighted by molar-refractivity contribution is 5.59. The van der Waals surface area contributed by atoms with E-state index in [1.54, 1.807) is 12.4 Å². The van der Waals surface area contributed by atoms with E-state index in [1.807, 2.05) is 18.2 Å². The molecule has 0 amide bonds. The van der Waals surface area contributed by atoms with Gasteiger partial charge in [-0.05, 0) is 79.4 Å². The zero-order valence-corrected chi connectivity index (χ0v) is 21.6. The highest BCUT2D eigenvalue weighted by atomic mass is 16.5. The quantitative estimate of drug-likeness (QED) is 0.517. The molecule has 6 rings (SSSR count). The van der Waals surface area contributed by atoms with Gasteiger partial charge in [0.15, 0.2) is 0 Å². The fourth-order valence-corrected chi connectivity index (χ4v) is 8.87. The third kappa shape index (κ3) is 2.91. The van der Waals surface area contributed by atoms with Gasteiger partial charge < -0.3 is 14.3 Å². The Morgan fingerprint density at radius 1 is 1.11 bits per heavy atom. The average Bonchev–Trinajstić information content (AvgIpc) is 3.23. The molecule has 5 nitrogen and oxygen atoms in total. The molecule has 6 atom stereocenters. The van der Waals surface area contributed by atoms with Gasteiger partial charge >= 0.3 is 5.63 Å². The minimum absolute atomic E-state index is 0.100. The van der Waals surface area contributed by atoms with E-state index in [0.717, 1.165) is 37.7 Å². The van der Waals surface area contributed by atoms with E-state index in [0.29, 0.717) is 35.3 Å². The first-order valence-electron chi connectivity index (χ1n) is 13.1. The Hall–Kier alpha value is -2.40.